The third kappa shape index (κ3) is 4.55. The van der Waals surface area contributed by atoms with E-state index in [1.807, 2.05) is 18.7 Å². The molecule has 1 aromatic carbocycles. The Labute approximate surface area is 195 Å². The maximum Gasteiger partial charge on any atom is 0.416 e. The molecule has 1 aliphatic heterocycles. The van der Waals surface area contributed by atoms with Crippen LogP contribution in [-0.4, -0.2) is 47.0 Å². The number of amides is 1. The third-order valence-corrected chi connectivity index (χ3v) is 7.12. The molecule has 0 aliphatic carbocycles. The molecule has 0 unspecified atom stereocenters. The zero-order valence-corrected chi connectivity index (χ0v) is 20.2. The van der Waals surface area contributed by atoms with E-state index in [0.717, 1.165) is 33.4 Å². The summed E-state index contributed by atoms with van der Waals surface area (Å²) in [6.07, 6.45) is -4.37. The van der Waals surface area contributed by atoms with E-state index in [0.29, 0.717) is 36.7 Å². The van der Waals surface area contributed by atoms with Gasteiger partial charge in [-0.1, -0.05) is 26.8 Å². The van der Waals surface area contributed by atoms with Crippen molar-refractivity contribution in [2.75, 3.05) is 31.1 Å². The van der Waals surface area contributed by atoms with Crippen LogP contribution in [0.25, 0.3) is 10.2 Å². The molecule has 3 aromatic rings. The molecular formula is C24H27F3N4OS. The highest BCUT2D eigenvalue weighted by atomic mass is 32.1. The molecule has 0 saturated carbocycles. The number of halogens is 3. The molecule has 0 N–H and O–H groups in total. The fourth-order valence-corrected chi connectivity index (χ4v) is 5.27. The van der Waals surface area contributed by atoms with Gasteiger partial charge in [0.1, 0.15) is 10.7 Å². The standard InChI is InChI=1S/C24H27F3N4OS/c1-14-18-15(2)28-22(23(3,4)5)29-20(18)33-19(14)21(32)31-11-9-30(10-12-31)17-8-6-7-16(13-17)24(25,26)27/h6-8,13H,9-12H2,1-5H3. The third-order valence-electron chi connectivity index (χ3n) is 5.94. The topological polar surface area (TPSA) is 49.3 Å². The molecular weight excluding hydrogens is 449 g/mol. The number of thiophene rings is 1. The summed E-state index contributed by atoms with van der Waals surface area (Å²) >= 11 is 1.39. The van der Waals surface area contributed by atoms with E-state index in [1.54, 1.807) is 11.0 Å². The zero-order valence-electron chi connectivity index (χ0n) is 19.4. The van der Waals surface area contributed by atoms with Crippen molar-refractivity contribution in [3.8, 4) is 0 Å². The first-order valence-corrected chi connectivity index (χ1v) is 11.7. The van der Waals surface area contributed by atoms with Crippen LogP contribution in [0.3, 0.4) is 0 Å². The number of hydrogen-bond acceptors (Lipinski definition) is 5. The van der Waals surface area contributed by atoms with Crippen molar-refractivity contribution >= 4 is 33.1 Å². The molecule has 9 heteroatoms. The van der Waals surface area contributed by atoms with Crippen LogP contribution in [0.5, 0.6) is 0 Å². The molecule has 1 amide bonds. The van der Waals surface area contributed by atoms with Gasteiger partial charge in [-0.3, -0.25) is 4.79 Å². The summed E-state index contributed by atoms with van der Waals surface area (Å²) in [4.78, 5) is 27.9. The van der Waals surface area contributed by atoms with Gasteiger partial charge < -0.3 is 9.80 Å². The van der Waals surface area contributed by atoms with Crippen molar-refractivity contribution in [3.05, 3.63) is 51.8 Å². The van der Waals surface area contributed by atoms with Gasteiger partial charge in [-0.2, -0.15) is 13.2 Å². The fraction of sp³-hybridized carbons (Fsp3) is 0.458. The smallest absolute Gasteiger partial charge is 0.368 e. The van der Waals surface area contributed by atoms with Gasteiger partial charge in [0, 0.05) is 42.7 Å². The van der Waals surface area contributed by atoms with Gasteiger partial charge in [0.25, 0.3) is 5.91 Å². The summed E-state index contributed by atoms with van der Waals surface area (Å²) in [5, 5.41) is 0.930. The Morgan fingerprint density at radius 1 is 1.03 bits per heavy atom. The molecule has 4 rings (SSSR count). The first kappa shape index (κ1) is 23.5. The quantitative estimate of drug-likeness (QED) is 0.484. The van der Waals surface area contributed by atoms with E-state index in [4.69, 9.17) is 4.98 Å². The van der Waals surface area contributed by atoms with Crippen molar-refractivity contribution in [1.82, 2.24) is 14.9 Å². The van der Waals surface area contributed by atoms with Crippen LogP contribution < -0.4 is 4.90 Å². The number of nitrogens with zero attached hydrogens (tertiary/aromatic N) is 4. The van der Waals surface area contributed by atoms with Gasteiger partial charge in [0.05, 0.1) is 16.1 Å². The largest absolute Gasteiger partial charge is 0.416 e. The molecule has 0 spiro atoms. The highest BCUT2D eigenvalue weighted by Crippen LogP contribution is 2.35. The van der Waals surface area contributed by atoms with E-state index in [2.05, 4.69) is 25.8 Å². The summed E-state index contributed by atoms with van der Waals surface area (Å²) < 4.78 is 39.2. The SMILES string of the molecule is Cc1nc(C(C)(C)C)nc2sc(C(=O)N3CCN(c4cccc(C(F)(F)F)c4)CC3)c(C)c12. The number of carbonyl (C=O) groups excluding carboxylic acids is 1. The summed E-state index contributed by atoms with van der Waals surface area (Å²) in [6, 6.07) is 5.34. The molecule has 0 atom stereocenters. The molecule has 0 bridgehead atoms. The van der Waals surface area contributed by atoms with Crippen LogP contribution >= 0.6 is 11.3 Å². The first-order valence-electron chi connectivity index (χ1n) is 10.9. The maximum absolute atomic E-state index is 13.3. The molecule has 5 nitrogen and oxygen atoms in total. The number of piperazine rings is 1. The summed E-state index contributed by atoms with van der Waals surface area (Å²) in [7, 11) is 0. The average Bonchev–Trinajstić information content (AvgIpc) is 3.09. The number of aryl methyl sites for hydroxylation is 2. The van der Waals surface area contributed by atoms with Crippen molar-refractivity contribution in [3.63, 3.8) is 0 Å². The van der Waals surface area contributed by atoms with E-state index in [9.17, 15) is 18.0 Å². The lowest BCUT2D eigenvalue weighted by Gasteiger charge is -2.36. The van der Waals surface area contributed by atoms with E-state index in [-0.39, 0.29) is 11.3 Å². The number of rotatable bonds is 2. The van der Waals surface area contributed by atoms with Crippen LogP contribution in [0.4, 0.5) is 18.9 Å². The second-order valence-corrected chi connectivity index (χ2v) is 10.4. The van der Waals surface area contributed by atoms with Gasteiger partial charge in [-0.25, -0.2) is 9.97 Å². The lowest BCUT2D eigenvalue weighted by Crippen LogP contribution is -2.48. The number of alkyl halides is 3. The summed E-state index contributed by atoms with van der Waals surface area (Å²) in [5.41, 5.74) is 1.42. The second kappa shape index (κ2) is 8.27. The summed E-state index contributed by atoms with van der Waals surface area (Å²) in [5.74, 6) is 0.693. The number of benzene rings is 1. The van der Waals surface area contributed by atoms with Crippen LogP contribution in [0.15, 0.2) is 24.3 Å². The Morgan fingerprint density at radius 3 is 2.30 bits per heavy atom. The monoisotopic (exact) mass is 476 g/mol. The minimum atomic E-state index is -4.37. The Morgan fingerprint density at radius 2 is 1.70 bits per heavy atom. The Balaban J connectivity index is 1.53. The van der Waals surface area contributed by atoms with Crippen molar-refractivity contribution in [1.29, 1.82) is 0 Å². The van der Waals surface area contributed by atoms with E-state index < -0.39 is 11.7 Å². The molecule has 176 valence electrons. The van der Waals surface area contributed by atoms with Crippen molar-refractivity contribution < 1.29 is 18.0 Å². The number of aromatic nitrogens is 2. The second-order valence-electron chi connectivity index (χ2n) is 9.45. The highest BCUT2D eigenvalue weighted by Gasteiger charge is 2.32. The lowest BCUT2D eigenvalue weighted by molar-refractivity contribution is -0.137. The average molecular weight is 477 g/mol. The van der Waals surface area contributed by atoms with Gasteiger partial charge in [0.2, 0.25) is 0 Å². The summed E-state index contributed by atoms with van der Waals surface area (Å²) in [6.45, 7) is 11.9. The van der Waals surface area contributed by atoms with Crippen molar-refractivity contribution in [2.45, 2.75) is 46.2 Å². The van der Waals surface area contributed by atoms with Crippen LogP contribution in [0.2, 0.25) is 0 Å². The number of carbonyl (C=O) groups is 1. The van der Waals surface area contributed by atoms with Crippen LogP contribution in [0, 0.1) is 13.8 Å². The maximum atomic E-state index is 13.3. The van der Waals surface area contributed by atoms with Gasteiger partial charge in [-0.15, -0.1) is 11.3 Å². The minimum Gasteiger partial charge on any atom is -0.368 e. The fourth-order valence-electron chi connectivity index (χ4n) is 4.07. The normalized spacial score (nSPS) is 15.4. The molecule has 1 saturated heterocycles. The van der Waals surface area contributed by atoms with E-state index >= 15 is 0 Å². The molecule has 1 aliphatic rings. The van der Waals surface area contributed by atoms with Crippen molar-refractivity contribution in [2.24, 2.45) is 0 Å². The Kier molecular flexibility index (Phi) is 5.88. The zero-order chi connectivity index (χ0) is 24.1. The van der Waals surface area contributed by atoms with E-state index in [1.165, 1.54) is 23.5 Å². The molecule has 0 radical (unpaired) electrons. The molecule has 1 fully saturated rings. The predicted molar refractivity (Wildman–Crippen MR) is 125 cm³/mol. The minimum absolute atomic E-state index is 0.0594. The van der Waals surface area contributed by atoms with Crippen LogP contribution in [0.1, 0.15) is 53.1 Å². The Bertz CT molecular complexity index is 1200. The molecule has 2 aromatic heterocycles. The highest BCUT2D eigenvalue weighted by molar-refractivity contribution is 7.20. The van der Waals surface area contributed by atoms with Crippen LogP contribution in [-0.2, 0) is 11.6 Å². The molecule has 3 heterocycles. The number of anilines is 1. The van der Waals surface area contributed by atoms with Gasteiger partial charge in [0.15, 0.2) is 0 Å². The number of hydrogen-bond donors (Lipinski definition) is 0. The molecule has 33 heavy (non-hydrogen) atoms. The number of fused-ring (bicyclic) bond motifs is 1. The first-order chi connectivity index (χ1) is 15.4. The van der Waals surface area contributed by atoms with Gasteiger partial charge in [-0.05, 0) is 37.6 Å². The lowest BCUT2D eigenvalue weighted by atomic mass is 9.95. The van der Waals surface area contributed by atoms with Gasteiger partial charge >= 0.3 is 6.18 Å². The Hall–Kier alpha value is -2.68. The predicted octanol–water partition coefficient (Wildman–Crippen LogP) is 5.59.